The van der Waals surface area contributed by atoms with E-state index in [4.69, 9.17) is 9.72 Å². The van der Waals surface area contributed by atoms with Crippen LogP contribution >= 0.6 is 0 Å². The second kappa shape index (κ2) is 10.2. The van der Waals surface area contributed by atoms with Crippen molar-refractivity contribution in [1.29, 1.82) is 0 Å². The third-order valence-electron chi connectivity index (χ3n) is 7.61. The summed E-state index contributed by atoms with van der Waals surface area (Å²) in [5.41, 5.74) is 2.95. The number of carbonyl (C=O) groups excluding carboxylic acids is 1. The van der Waals surface area contributed by atoms with Crippen molar-refractivity contribution in [3.63, 3.8) is 0 Å². The predicted molar refractivity (Wildman–Crippen MR) is 153 cm³/mol. The van der Waals surface area contributed by atoms with Gasteiger partial charge in [0.15, 0.2) is 17.3 Å². The normalized spacial score (nSPS) is 16.6. The van der Waals surface area contributed by atoms with E-state index < -0.39 is 5.82 Å². The van der Waals surface area contributed by atoms with E-state index in [1.165, 1.54) is 18.7 Å². The van der Waals surface area contributed by atoms with E-state index in [9.17, 15) is 4.79 Å². The number of nitrogens with one attached hydrogen (secondary N) is 1. The van der Waals surface area contributed by atoms with E-state index in [-0.39, 0.29) is 23.1 Å². The molecule has 1 amide bonds. The minimum Gasteiger partial charge on any atom is -0.457 e. The third kappa shape index (κ3) is 4.94. The van der Waals surface area contributed by atoms with Gasteiger partial charge in [0, 0.05) is 41.5 Å². The molecule has 10 nitrogen and oxygen atoms in total. The van der Waals surface area contributed by atoms with Gasteiger partial charge in [0.05, 0.1) is 11.2 Å². The van der Waals surface area contributed by atoms with Crippen molar-refractivity contribution in [3.8, 4) is 11.5 Å². The van der Waals surface area contributed by atoms with E-state index in [1.54, 1.807) is 41.9 Å². The smallest absolute Gasteiger partial charge is 0.246 e. The molecule has 5 aromatic rings. The Morgan fingerprint density at radius 1 is 1.17 bits per heavy atom. The Labute approximate surface area is 235 Å². The molecule has 1 saturated heterocycles. The number of piperidine rings is 1. The number of likely N-dealkylation sites (tertiary alicyclic amines) is 1. The molecule has 0 aliphatic carbocycles. The summed E-state index contributed by atoms with van der Waals surface area (Å²) in [6.07, 6.45) is 7.50. The van der Waals surface area contributed by atoms with Gasteiger partial charge in [-0.05, 0) is 70.0 Å². The highest BCUT2D eigenvalue weighted by Crippen LogP contribution is 2.38. The quantitative estimate of drug-likeness (QED) is 0.266. The lowest BCUT2D eigenvalue weighted by Crippen LogP contribution is -2.51. The van der Waals surface area contributed by atoms with Gasteiger partial charge in [0.25, 0.3) is 0 Å². The maximum absolute atomic E-state index is 15.6. The van der Waals surface area contributed by atoms with Crippen molar-refractivity contribution in [3.05, 3.63) is 85.0 Å². The van der Waals surface area contributed by atoms with Crippen LogP contribution < -0.4 is 10.1 Å². The van der Waals surface area contributed by atoms with E-state index in [1.807, 2.05) is 17.0 Å². The standard InChI is InChI=1S/C30H29FN8O2/c1-5-26(40)38-12-10-19(15-30(38,3)4)21-6-7-23-28(36-21)29(34-16-32-23)37-22-8-9-24(18(2)27(22)31)41-20-11-13-39-25(14-20)33-17-35-39/h5-9,11,13-14,16-17,19H,1,10,12,15H2,2-4H3,(H,32,34,37)/t19-/m1/s1. The molecule has 0 bridgehead atoms. The van der Waals surface area contributed by atoms with Gasteiger partial charge in [-0.3, -0.25) is 4.79 Å². The lowest BCUT2D eigenvalue weighted by molar-refractivity contribution is -0.133. The number of aromatic nitrogens is 6. The Hall–Kier alpha value is -4.93. The fraction of sp³-hybridized carbons (Fsp3) is 0.267. The average molecular weight is 553 g/mol. The summed E-state index contributed by atoms with van der Waals surface area (Å²) in [4.78, 5) is 32.0. The molecule has 11 heteroatoms. The highest BCUT2D eigenvalue weighted by Gasteiger charge is 2.37. The maximum atomic E-state index is 15.6. The summed E-state index contributed by atoms with van der Waals surface area (Å²) in [5, 5.41) is 7.19. The number of hydrogen-bond acceptors (Lipinski definition) is 8. The van der Waals surface area contributed by atoms with Crippen molar-refractivity contribution < 1.29 is 13.9 Å². The first-order chi connectivity index (χ1) is 19.7. The number of rotatable bonds is 6. The van der Waals surface area contributed by atoms with Crippen molar-refractivity contribution in [2.75, 3.05) is 11.9 Å². The van der Waals surface area contributed by atoms with Gasteiger partial charge in [-0.2, -0.15) is 5.10 Å². The van der Waals surface area contributed by atoms with Crippen molar-refractivity contribution in [2.24, 2.45) is 0 Å². The fourth-order valence-corrected chi connectivity index (χ4v) is 5.44. The summed E-state index contributed by atoms with van der Waals surface area (Å²) >= 11 is 0. The molecular weight excluding hydrogens is 523 g/mol. The van der Waals surface area contributed by atoms with Gasteiger partial charge in [-0.25, -0.2) is 28.8 Å². The van der Waals surface area contributed by atoms with Gasteiger partial charge in [-0.15, -0.1) is 0 Å². The van der Waals surface area contributed by atoms with Gasteiger partial charge < -0.3 is 15.0 Å². The van der Waals surface area contributed by atoms with E-state index in [2.05, 4.69) is 45.8 Å². The average Bonchev–Trinajstić information content (AvgIpc) is 3.44. The first kappa shape index (κ1) is 26.3. The van der Waals surface area contributed by atoms with E-state index in [0.29, 0.717) is 46.1 Å². The zero-order chi connectivity index (χ0) is 28.7. The molecule has 0 unspecified atom stereocenters. The van der Waals surface area contributed by atoms with Crippen LogP contribution in [0.25, 0.3) is 16.7 Å². The number of amides is 1. The molecule has 41 heavy (non-hydrogen) atoms. The highest BCUT2D eigenvalue weighted by molar-refractivity contribution is 5.88. The molecule has 1 atom stereocenters. The van der Waals surface area contributed by atoms with Crippen molar-refractivity contribution in [1.82, 2.24) is 34.4 Å². The monoisotopic (exact) mass is 552 g/mol. The Bertz CT molecular complexity index is 1800. The number of pyridine rings is 2. The molecule has 1 fully saturated rings. The molecule has 1 aliphatic heterocycles. The topological polar surface area (TPSA) is 110 Å². The number of anilines is 2. The van der Waals surface area contributed by atoms with Crippen LogP contribution in [0.15, 0.2) is 67.9 Å². The first-order valence-electron chi connectivity index (χ1n) is 13.3. The molecule has 0 saturated carbocycles. The lowest BCUT2D eigenvalue weighted by Gasteiger charge is -2.45. The van der Waals surface area contributed by atoms with Gasteiger partial charge >= 0.3 is 0 Å². The largest absolute Gasteiger partial charge is 0.457 e. The van der Waals surface area contributed by atoms with Crippen LogP contribution in [-0.2, 0) is 4.79 Å². The van der Waals surface area contributed by atoms with Gasteiger partial charge in [-0.1, -0.05) is 6.58 Å². The summed E-state index contributed by atoms with van der Waals surface area (Å²) in [6.45, 7) is 10.0. The molecule has 5 heterocycles. The first-order valence-corrected chi connectivity index (χ1v) is 13.3. The van der Waals surface area contributed by atoms with Gasteiger partial charge in [0.2, 0.25) is 5.91 Å². The number of fused-ring (bicyclic) bond motifs is 2. The minimum absolute atomic E-state index is 0.0649. The van der Waals surface area contributed by atoms with Crippen LogP contribution in [0.2, 0.25) is 0 Å². The molecule has 1 aliphatic rings. The van der Waals surface area contributed by atoms with Crippen LogP contribution in [0.3, 0.4) is 0 Å². The van der Waals surface area contributed by atoms with Crippen LogP contribution in [0, 0.1) is 12.7 Å². The number of nitrogens with zero attached hydrogens (tertiary/aromatic N) is 7. The van der Waals surface area contributed by atoms with Crippen LogP contribution in [0.5, 0.6) is 11.5 Å². The Kier molecular flexibility index (Phi) is 6.56. The number of halogens is 1. The fourth-order valence-electron chi connectivity index (χ4n) is 5.44. The summed E-state index contributed by atoms with van der Waals surface area (Å²) in [6, 6.07) is 10.7. The van der Waals surface area contributed by atoms with Crippen LogP contribution in [-0.4, -0.2) is 52.4 Å². The summed E-state index contributed by atoms with van der Waals surface area (Å²) in [5.74, 6) is 0.923. The van der Waals surface area contributed by atoms with Crippen molar-refractivity contribution >= 4 is 34.1 Å². The van der Waals surface area contributed by atoms with Crippen LogP contribution in [0.1, 0.15) is 43.9 Å². The molecule has 0 spiro atoms. The predicted octanol–water partition coefficient (Wildman–Crippen LogP) is 5.72. The van der Waals surface area contributed by atoms with E-state index in [0.717, 1.165) is 18.5 Å². The van der Waals surface area contributed by atoms with Crippen molar-refractivity contribution in [2.45, 2.75) is 45.1 Å². The Morgan fingerprint density at radius 2 is 2.02 bits per heavy atom. The Balaban J connectivity index is 1.26. The molecule has 1 N–H and O–H groups in total. The van der Waals surface area contributed by atoms with E-state index >= 15 is 4.39 Å². The zero-order valence-corrected chi connectivity index (χ0v) is 23.0. The Morgan fingerprint density at radius 3 is 2.83 bits per heavy atom. The molecule has 1 aromatic carbocycles. The number of benzene rings is 1. The number of carbonyl (C=O) groups is 1. The molecule has 6 rings (SSSR count). The van der Waals surface area contributed by atoms with Crippen LogP contribution in [0.4, 0.5) is 15.9 Å². The van der Waals surface area contributed by atoms with Gasteiger partial charge in [0.1, 0.15) is 29.7 Å². The second-order valence-electron chi connectivity index (χ2n) is 10.7. The number of ether oxygens (including phenoxy) is 1. The maximum Gasteiger partial charge on any atom is 0.246 e. The molecule has 208 valence electrons. The highest BCUT2D eigenvalue weighted by atomic mass is 19.1. The minimum atomic E-state index is -0.463. The SMILES string of the molecule is C=CC(=O)N1CC[C@@H](c2ccc3ncnc(Nc4ccc(Oc5ccn6ncnc6c5)c(C)c4F)c3n2)CC1(C)C. The third-order valence-corrected chi connectivity index (χ3v) is 7.61. The second-order valence-corrected chi connectivity index (χ2v) is 10.7. The molecular formula is C30H29FN8O2. The molecule has 4 aromatic heterocycles. The lowest BCUT2D eigenvalue weighted by atomic mass is 9.80. The number of hydrogen-bond donors (Lipinski definition) is 1. The summed E-state index contributed by atoms with van der Waals surface area (Å²) < 4.78 is 23.1. The summed E-state index contributed by atoms with van der Waals surface area (Å²) in [7, 11) is 0. The molecule has 0 radical (unpaired) electrons. The zero-order valence-electron chi connectivity index (χ0n) is 23.0.